The van der Waals surface area contributed by atoms with E-state index < -0.39 is 0 Å². The molecule has 1 aliphatic rings. The van der Waals surface area contributed by atoms with E-state index in [0.717, 1.165) is 57.4 Å². The van der Waals surface area contributed by atoms with E-state index in [0.29, 0.717) is 0 Å². The van der Waals surface area contributed by atoms with Crippen LogP contribution in [0.4, 0.5) is 0 Å². The smallest absolute Gasteiger partial charge is 0.161 e. The van der Waals surface area contributed by atoms with Crippen molar-refractivity contribution in [1.29, 1.82) is 0 Å². The fourth-order valence-corrected chi connectivity index (χ4v) is 2.18. The van der Waals surface area contributed by atoms with Gasteiger partial charge in [-0.15, -0.1) is 0 Å². The van der Waals surface area contributed by atoms with Crippen molar-refractivity contribution in [1.82, 2.24) is 0 Å². The molecule has 0 aromatic heterocycles. The molecule has 0 unspecified atom stereocenters. The Hall–Kier alpha value is -1.26. The second-order valence-electron chi connectivity index (χ2n) is 5.24. The highest BCUT2D eigenvalue weighted by Gasteiger charge is 2.14. The lowest BCUT2D eigenvalue weighted by Crippen LogP contribution is -3.14. The molecule has 1 N–H and O–H groups in total. The lowest BCUT2D eigenvalue weighted by atomic mass is 10.3. The van der Waals surface area contributed by atoms with E-state index in [9.17, 15) is 0 Å². The molecule has 4 nitrogen and oxygen atoms in total. The summed E-state index contributed by atoms with van der Waals surface area (Å²) >= 11 is 0. The van der Waals surface area contributed by atoms with Crippen molar-refractivity contribution in [2.45, 2.75) is 26.4 Å². The Morgan fingerprint density at radius 3 is 2.60 bits per heavy atom. The van der Waals surface area contributed by atoms with Gasteiger partial charge in [0.25, 0.3) is 0 Å². The van der Waals surface area contributed by atoms with Gasteiger partial charge in [-0.2, -0.15) is 0 Å². The zero-order valence-corrected chi connectivity index (χ0v) is 12.6. The van der Waals surface area contributed by atoms with Gasteiger partial charge in [-0.3, -0.25) is 0 Å². The second kappa shape index (κ2) is 8.12. The third-order valence-corrected chi connectivity index (χ3v) is 3.67. The van der Waals surface area contributed by atoms with Gasteiger partial charge in [0.05, 0.1) is 19.3 Å². The van der Waals surface area contributed by atoms with Gasteiger partial charge in [-0.25, -0.2) is 0 Å². The second-order valence-corrected chi connectivity index (χ2v) is 5.24. The van der Waals surface area contributed by atoms with Gasteiger partial charge in [-0.05, 0) is 25.5 Å². The molecule has 1 saturated heterocycles. The van der Waals surface area contributed by atoms with Gasteiger partial charge in [-0.1, -0.05) is 19.1 Å². The zero-order valence-electron chi connectivity index (χ0n) is 12.6. The summed E-state index contributed by atoms with van der Waals surface area (Å²) in [6.07, 6.45) is 1.20. The van der Waals surface area contributed by atoms with E-state index in [1.807, 2.05) is 24.3 Å². The van der Waals surface area contributed by atoms with Crippen LogP contribution in [0.1, 0.15) is 20.3 Å². The van der Waals surface area contributed by atoms with Crippen LogP contribution in [0.25, 0.3) is 0 Å². The van der Waals surface area contributed by atoms with Gasteiger partial charge >= 0.3 is 0 Å². The number of rotatable bonds is 7. The number of hydrogen-bond donors (Lipinski definition) is 1. The summed E-state index contributed by atoms with van der Waals surface area (Å²) in [6, 6.07) is 7.92. The fraction of sp³-hybridized carbons (Fsp3) is 0.625. The topological polar surface area (TPSA) is 32.1 Å². The number of benzene rings is 1. The molecule has 1 aliphatic heterocycles. The van der Waals surface area contributed by atoms with Gasteiger partial charge < -0.3 is 19.1 Å². The minimum Gasteiger partial charge on any atom is -0.487 e. The monoisotopic (exact) mass is 280 g/mol. The molecule has 4 heteroatoms. The molecule has 2 rings (SSSR count). The molecule has 20 heavy (non-hydrogen) atoms. The Bertz CT molecular complexity index is 391. The zero-order chi connectivity index (χ0) is 14.2. The largest absolute Gasteiger partial charge is 0.487 e. The molecule has 0 amide bonds. The van der Waals surface area contributed by atoms with Crippen molar-refractivity contribution in [2.24, 2.45) is 0 Å². The number of nitrogens with one attached hydrogen (secondary N) is 1. The Balaban J connectivity index is 1.82. The van der Waals surface area contributed by atoms with Crippen molar-refractivity contribution in [3.05, 3.63) is 24.3 Å². The van der Waals surface area contributed by atoms with Crippen LogP contribution in [0.2, 0.25) is 0 Å². The Morgan fingerprint density at radius 2 is 1.90 bits per heavy atom. The molecule has 0 aliphatic carbocycles. The molecule has 1 aromatic rings. The molecule has 0 spiro atoms. The summed E-state index contributed by atoms with van der Waals surface area (Å²) < 4.78 is 17.1. The minimum atomic E-state index is 0.213. The maximum absolute atomic E-state index is 5.90. The summed E-state index contributed by atoms with van der Waals surface area (Å²) in [5, 5.41) is 0. The van der Waals surface area contributed by atoms with E-state index >= 15 is 0 Å². The quantitative estimate of drug-likeness (QED) is 0.813. The van der Waals surface area contributed by atoms with E-state index in [2.05, 4.69) is 13.8 Å². The first-order valence-electron chi connectivity index (χ1n) is 7.59. The SMILES string of the molecule is CC[C@@H](C)Oc1ccccc1OCC[NH+]1CCOCC1. The van der Waals surface area contributed by atoms with Crippen LogP contribution < -0.4 is 14.4 Å². The Labute approximate surface area is 121 Å². The standard InChI is InChI=1S/C16H25NO3/c1-3-14(2)20-16-7-5-4-6-15(16)19-13-10-17-8-11-18-12-9-17/h4-7,14H,3,8-13H2,1-2H3/p+1/t14-/m1/s1. The number of para-hydroxylation sites is 2. The van der Waals surface area contributed by atoms with Crippen LogP contribution in [0.5, 0.6) is 11.5 Å². The predicted molar refractivity (Wildman–Crippen MR) is 78.7 cm³/mol. The normalized spacial score (nSPS) is 17.7. The van der Waals surface area contributed by atoms with E-state index in [-0.39, 0.29) is 6.10 Å². The summed E-state index contributed by atoms with van der Waals surface area (Å²) in [5.74, 6) is 1.69. The number of morpholine rings is 1. The summed E-state index contributed by atoms with van der Waals surface area (Å²) in [7, 11) is 0. The molecule has 1 fully saturated rings. The van der Waals surface area contributed by atoms with Crippen LogP contribution in [-0.4, -0.2) is 45.6 Å². The molecule has 1 atom stereocenters. The molecule has 1 heterocycles. The van der Waals surface area contributed by atoms with Gasteiger partial charge in [0.15, 0.2) is 11.5 Å². The molecule has 112 valence electrons. The summed E-state index contributed by atoms with van der Waals surface area (Å²) in [5.41, 5.74) is 0. The third kappa shape index (κ3) is 4.69. The summed E-state index contributed by atoms with van der Waals surface area (Å²) in [6.45, 7) is 9.82. The number of quaternary nitrogens is 1. The molecule has 1 aromatic carbocycles. The Morgan fingerprint density at radius 1 is 1.20 bits per heavy atom. The van der Waals surface area contributed by atoms with Crippen LogP contribution >= 0.6 is 0 Å². The fourth-order valence-electron chi connectivity index (χ4n) is 2.18. The molecular formula is C16H26NO3+. The van der Waals surface area contributed by atoms with E-state index in [1.54, 1.807) is 4.90 Å². The molecular weight excluding hydrogens is 254 g/mol. The van der Waals surface area contributed by atoms with Gasteiger partial charge in [0.1, 0.15) is 26.2 Å². The first-order chi connectivity index (χ1) is 9.79. The van der Waals surface area contributed by atoms with E-state index in [1.165, 1.54) is 0 Å². The van der Waals surface area contributed by atoms with Crippen molar-refractivity contribution in [2.75, 3.05) is 39.5 Å². The highest BCUT2D eigenvalue weighted by atomic mass is 16.5. The van der Waals surface area contributed by atoms with Crippen molar-refractivity contribution < 1.29 is 19.1 Å². The lowest BCUT2D eigenvalue weighted by Gasteiger charge is -2.24. The average Bonchev–Trinajstić information content (AvgIpc) is 2.50. The van der Waals surface area contributed by atoms with Crippen molar-refractivity contribution in [3.63, 3.8) is 0 Å². The average molecular weight is 280 g/mol. The lowest BCUT2D eigenvalue weighted by molar-refractivity contribution is -0.908. The van der Waals surface area contributed by atoms with E-state index in [4.69, 9.17) is 14.2 Å². The maximum Gasteiger partial charge on any atom is 0.161 e. The van der Waals surface area contributed by atoms with Crippen molar-refractivity contribution in [3.8, 4) is 11.5 Å². The summed E-state index contributed by atoms with van der Waals surface area (Å²) in [4.78, 5) is 1.55. The molecule has 0 radical (unpaired) electrons. The molecule has 0 bridgehead atoms. The van der Waals surface area contributed by atoms with Crippen LogP contribution in [-0.2, 0) is 4.74 Å². The first-order valence-corrected chi connectivity index (χ1v) is 7.59. The van der Waals surface area contributed by atoms with Gasteiger partial charge in [0.2, 0.25) is 0 Å². The third-order valence-electron chi connectivity index (χ3n) is 3.67. The highest BCUT2D eigenvalue weighted by Crippen LogP contribution is 2.27. The van der Waals surface area contributed by atoms with Crippen LogP contribution in [0, 0.1) is 0 Å². The van der Waals surface area contributed by atoms with Crippen LogP contribution in [0.15, 0.2) is 24.3 Å². The van der Waals surface area contributed by atoms with Gasteiger partial charge in [0, 0.05) is 0 Å². The first kappa shape index (κ1) is 15.1. The number of ether oxygens (including phenoxy) is 3. The minimum absolute atomic E-state index is 0.213. The highest BCUT2D eigenvalue weighted by molar-refractivity contribution is 5.39. The molecule has 0 saturated carbocycles. The van der Waals surface area contributed by atoms with Crippen molar-refractivity contribution >= 4 is 0 Å². The number of hydrogen-bond acceptors (Lipinski definition) is 3. The predicted octanol–water partition coefficient (Wildman–Crippen LogP) is 1.16. The maximum atomic E-state index is 5.90. The van der Waals surface area contributed by atoms with Crippen LogP contribution in [0.3, 0.4) is 0 Å². The Kier molecular flexibility index (Phi) is 6.15.